The van der Waals surface area contributed by atoms with Crippen molar-refractivity contribution in [1.29, 1.82) is 0 Å². The maximum Gasteiger partial charge on any atom is 0.322 e. The Balaban J connectivity index is 1.39. The summed E-state index contributed by atoms with van der Waals surface area (Å²) in [5.74, 6) is 0.435. The largest absolute Gasteiger partial charge is 0.491 e. The number of rotatable bonds is 6. The maximum atomic E-state index is 12.4. The molecule has 8 heteroatoms. The molecule has 2 heterocycles. The molecule has 1 atom stereocenters. The molecule has 2 aromatic carbocycles. The molecular formula is C22H22N4O4. The van der Waals surface area contributed by atoms with Gasteiger partial charge >= 0.3 is 6.01 Å². The highest BCUT2D eigenvalue weighted by molar-refractivity contribution is 6.03. The fourth-order valence-corrected chi connectivity index (χ4v) is 3.31. The van der Waals surface area contributed by atoms with Gasteiger partial charge in [0.1, 0.15) is 5.75 Å². The van der Waals surface area contributed by atoms with Crippen LogP contribution in [-0.2, 0) is 4.79 Å². The summed E-state index contributed by atoms with van der Waals surface area (Å²) in [4.78, 5) is 26.5. The first-order valence-electron chi connectivity index (χ1n) is 9.76. The van der Waals surface area contributed by atoms with E-state index in [4.69, 9.17) is 9.15 Å². The van der Waals surface area contributed by atoms with Crippen LogP contribution in [0.3, 0.4) is 0 Å². The fourth-order valence-electron chi connectivity index (χ4n) is 3.31. The average Bonchev–Trinajstić information content (AvgIpc) is 3.35. The van der Waals surface area contributed by atoms with E-state index in [-0.39, 0.29) is 36.3 Å². The summed E-state index contributed by atoms with van der Waals surface area (Å²) in [6.07, 6.45) is 0.337. The summed E-state index contributed by atoms with van der Waals surface area (Å²) in [5.41, 5.74) is 1.28. The van der Waals surface area contributed by atoms with Crippen LogP contribution >= 0.6 is 0 Å². The second kappa shape index (κ2) is 8.36. The number of carbonyl (C=O) groups is 2. The van der Waals surface area contributed by atoms with E-state index < -0.39 is 0 Å². The summed E-state index contributed by atoms with van der Waals surface area (Å²) in [6.45, 7) is 4.32. The Bertz CT molecular complexity index is 1030. The molecule has 0 spiro atoms. The van der Waals surface area contributed by atoms with Gasteiger partial charge in [-0.2, -0.15) is 0 Å². The van der Waals surface area contributed by atoms with Crippen molar-refractivity contribution in [1.82, 2.24) is 10.2 Å². The van der Waals surface area contributed by atoms with Crippen molar-refractivity contribution >= 4 is 23.5 Å². The van der Waals surface area contributed by atoms with Gasteiger partial charge in [0.15, 0.2) is 0 Å². The third-order valence-corrected chi connectivity index (χ3v) is 4.69. The highest BCUT2D eigenvalue weighted by Gasteiger charge is 2.35. The van der Waals surface area contributed by atoms with Gasteiger partial charge in [-0.15, -0.1) is 5.10 Å². The number of benzene rings is 2. The zero-order chi connectivity index (χ0) is 21.1. The monoisotopic (exact) mass is 406 g/mol. The molecule has 0 saturated carbocycles. The Kier molecular flexibility index (Phi) is 5.47. The summed E-state index contributed by atoms with van der Waals surface area (Å²) >= 11 is 0. The molecule has 30 heavy (non-hydrogen) atoms. The van der Waals surface area contributed by atoms with Crippen LogP contribution in [0.4, 0.5) is 11.7 Å². The first-order chi connectivity index (χ1) is 14.5. The molecule has 2 amide bonds. The van der Waals surface area contributed by atoms with E-state index >= 15 is 0 Å². The number of amides is 2. The van der Waals surface area contributed by atoms with Gasteiger partial charge in [-0.25, -0.2) is 0 Å². The highest BCUT2D eigenvalue weighted by atomic mass is 16.5. The van der Waals surface area contributed by atoms with E-state index in [9.17, 15) is 9.59 Å². The second-order valence-electron chi connectivity index (χ2n) is 7.33. The summed E-state index contributed by atoms with van der Waals surface area (Å²) in [5, 5.41) is 10.5. The van der Waals surface area contributed by atoms with Crippen molar-refractivity contribution in [3.63, 3.8) is 0 Å². The lowest BCUT2D eigenvalue weighted by Gasteiger charge is -2.15. The van der Waals surface area contributed by atoms with Crippen LogP contribution in [0.25, 0.3) is 0 Å². The molecular weight excluding hydrogens is 384 g/mol. The zero-order valence-electron chi connectivity index (χ0n) is 16.7. The van der Waals surface area contributed by atoms with Gasteiger partial charge in [0, 0.05) is 24.2 Å². The molecule has 1 N–H and O–H groups in total. The smallest absolute Gasteiger partial charge is 0.322 e. The third-order valence-electron chi connectivity index (χ3n) is 4.69. The number of aromatic nitrogens is 2. The molecule has 1 unspecified atom stereocenters. The molecule has 154 valence electrons. The number of ether oxygens (including phenoxy) is 1. The van der Waals surface area contributed by atoms with Crippen molar-refractivity contribution in [2.75, 3.05) is 16.8 Å². The molecule has 3 aromatic rings. The number of carbonyl (C=O) groups excluding carboxylic acids is 2. The molecule has 4 rings (SSSR count). The minimum absolute atomic E-state index is 0.00121. The SMILES string of the molecule is CC(C)Oc1ccc(C(=O)Nc2nnc(C3CC(=O)N(c4ccccc4)C3)o2)cc1. The van der Waals surface area contributed by atoms with Crippen LogP contribution < -0.4 is 15.0 Å². The Morgan fingerprint density at radius 1 is 1.13 bits per heavy atom. The van der Waals surface area contributed by atoms with Crippen LogP contribution in [0.5, 0.6) is 5.75 Å². The summed E-state index contributed by atoms with van der Waals surface area (Å²) in [7, 11) is 0. The molecule has 1 aliphatic heterocycles. The van der Waals surface area contributed by atoms with Crippen LogP contribution in [-0.4, -0.2) is 34.7 Å². The van der Waals surface area contributed by atoms with E-state index in [0.29, 0.717) is 23.7 Å². The van der Waals surface area contributed by atoms with Gasteiger partial charge < -0.3 is 14.1 Å². The highest BCUT2D eigenvalue weighted by Crippen LogP contribution is 2.31. The molecule has 0 aliphatic carbocycles. The van der Waals surface area contributed by atoms with Crippen molar-refractivity contribution in [2.24, 2.45) is 0 Å². The molecule has 1 aromatic heterocycles. The van der Waals surface area contributed by atoms with Crippen LogP contribution in [0.15, 0.2) is 59.0 Å². The maximum absolute atomic E-state index is 12.4. The van der Waals surface area contributed by atoms with Crippen LogP contribution in [0.2, 0.25) is 0 Å². The van der Waals surface area contributed by atoms with Gasteiger partial charge in [-0.1, -0.05) is 23.3 Å². The minimum atomic E-state index is -0.366. The molecule has 1 aliphatic rings. The normalized spacial score (nSPS) is 16.2. The topological polar surface area (TPSA) is 97.6 Å². The van der Waals surface area contributed by atoms with E-state index in [1.54, 1.807) is 29.2 Å². The Morgan fingerprint density at radius 3 is 2.57 bits per heavy atom. The lowest BCUT2D eigenvalue weighted by Crippen LogP contribution is -2.24. The Morgan fingerprint density at radius 2 is 1.87 bits per heavy atom. The molecule has 1 fully saturated rings. The zero-order valence-corrected chi connectivity index (χ0v) is 16.7. The Hall–Kier alpha value is -3.68. The number of hydrogen-bond donors (Lipinski definition) is 1. The molecule has 0 bridgehead atoms. The predicted octanol–water partition coefficient (Wildman–Crippen LogP) is 3.63. The lowest BCUT2D eigenvalue weighted by molar-refractivity contribution is -0.117. The fraction of sp³-hybridized carbons (Fsp3) is 0.273. The number of nitrogens with one attached hydrogen (secondary N) is 1. The van der Waals surface area contributed by atoms with Gasteiger partial charge in [-0.3, -0.25) is 14.9 Å². The van der Waals surface area contributed by atoms with Crippen molar-refractivity contribution in [3.05, 3.63) is 66.1 Å². The summed E-state index contributed by atoms with van der Waals surface area (Å²) < 4.78 is 11.2. The van der Waals surface area contributed by atoms with Crippen LogP contribution in [0, 0.1) is 0 Å². The van der Waals surface area contributed by atoms with Gasteiger partial charge in [0.25, 0.3) is 5.91 Å². The predicted molar refractivity (Wildman–Crippen MR) is 111 cm³/mol. The molecule has 1 saturated heterocycles. The number of para-hydroxylation sites is 1. The number of nitrogens with zero attached hydrogens (tertiary/aromatic N) is 3. The van der Waals surface area contributed by atoms with Gasteiger partial charge in [-0.05, 0) is 50.2 Å². The van der Waals surface area contributed by atoms with E-state index in [2.05, 4.69) is 15.5 Å². The standard InChI is InChI=1S/C22H22N4O4/c1-14(2)29-18-10-8-15(9-11-18)20(28)23-22-25-24-21(30-22)16-12-19(27)26(13-16)17-6-4-3-5-7-17/h3-11,14,16H,12-13H2,1-2H3,(H,23,25,28). The second-order valence-corrected chi connectivity index (χ2v) is 7.33. The lowest BCUT2D eigenvalue weighted by atomic mass is 10.1. The van der Waals surface area contributed by atoms with Gasteiger partial charge in [0.2, 0.25) is 11.8 Å². The number of anilines is 2. The van der Waals surface area contributed by atoms with Crippen molar-refractivity contribution in [3.8, 4) is 5.75 Å². The first kappa shape index (κ1) is 19.6. The number of hydrogen-bond acceptors (Lipinski definition) is 6. The van der Waals surface area contributed by atoms with Crippen molar-refractivity contribution < 1.29 is 18.7 Å². The van der Waals surface area contributed by atoms with E-state index in [1.807, 2.05) is 44.2 Å². The quantitative estimate of drug-likeness (QED) is 0.671. The van der Waals surface area contributed by atoms with E-state index in [0.717, 1.165) is 5.69 Å². The van der Waals surface area contributed by atoms with E-state index in [1.165, 1.54) is 0 Å². The molecule has 8 nitrogen and oxygen atoms in total. The molecule has 0 radical (unpaired) electrons. The Labute approximate surface area is 173 Å². The van der Waals surface area contributed by atoms with Crippen LogP contribution in [0.1, 0.15) is 42.4 Å². The minimum Gasteiger partial charge on any atom is -0.491 e. The average molecular weight is 406 g/mol. The third kappa shape index (κ3) is 4.32. The van der Waals surface area contributed by atoms with Gasteiger partial charge in [0.05, 0.1) is 12.0 Å². The first-order valence-corrected chi connectivity index (χ1v) is 9.76. The van der Waals surface area contributed by atoms with Crippen molar-refractivity contribution in [2.45, 2.75) is 32.3 Å². The summed E-state index contributed by atoms with van der Waals surface area (Å²) in [6, 6.07) is 16.2.